The highest BCUT2D eigenvalue weighted by Crippen LogP contribution is 2.61. The fraction of sp³-hybridized carbons (Fsp3) is 0.750. The highest BCUT2D eigenvalue weighted by Gasteiger charge is 2.50. The molecule has 0 saturated heterocycles. The smallest absolute Gasteiger partial charge is 0.0000915 e. The van der Waals surface area contributed by atoms with E-state index < -0.39 is 0 Å². The Morgan fingerprint density at radius 1 is 1.18 bits per heavy atom. The van der Waals surface area contributed by atoms with Gasteiger partial charge in [0, 0.05) is 0 Å². The summed E-state index contributed by atoms with van der Waals surface area (Å²) < 4.78 is 0. The van der Waals surface area contributed by atoms with Gasteiger partial charge in [-0.05, 0) is 97.7 Å². The van der Waals surface area contributed by atoms with Crippen molar-refractivity contribution in [2.45, 2.75) is 105 Å². The lowest BCUT2D eigenvalue weighted by Gasteiger charge is -2.42. The van der Waals surface area contributed by atoms with Gasteiger partial charge in [0.25, 0.3) is 0 Å². The maximum Gasteiger partial charge on any atom is -0.0000915 e. The van der Waals surface area contributed by atoms with Crippen molar-refractivity contribution in [3.8, 4) is 0 Å². The highest BCUT2D eigenvalue weighted by atomic mass is 14.5. The molecule has 5 atom stereocenters. The normalized spacial score (nSPS) is 38.1. The summed E-state index contributed by atoms with van der Waals surface area (Å²) >= 11 is 0. The van der Waals surface area contributed by atoms with Crippen LogP contribution in [0.3, 0.4) is 0 Å². The van der Waals surface area contributed by atoms with Gasteiger partial charge in [0.1, 0.15) is 0 Å². The maximum atomic E-state index is 3.80. The van der Waals surface area contributed by atoms with Crippen molar-refractivity contribution >= 4 is 0 Å². The third kappa shape index (κ3) is 4.14. The standard InChI is InChI=1S/C26H38.C2H6/c1-4-5-6-10-21-14-16-25-24-15-13-20-18-19(2)9-7-11-22(20)23(24)12-8-17-26(21,25)3;1-2/h7,10,18-19,23-25H,4-6,8-9,12-17H2,1-3H3;1-2H3/b21-10-;/t19?,23?,24?,25?,26-;/m1./s1. The van der Waals surface area contributed by atoms with Crippen LogP contribution in [-0.2, 0) is 0 Å². The molecule has 0 N–H and O–H groups in total. The molecular weight excluding hydrogens is 336 g/mol. The van der Waals surface area contributed by atoms with E-state index in [9.17, 15) is 0 Å². The summed E-state index contributed by atoms with van der Waals surface area (Å²) in [6.45, 7) is 11.3. The van der Waals surface area contributed by atoms with Crippen LogP contribution in [0.5, 0.6) is 0 Å². The van der Waals surface area contributed by atoms with Crippen molar-refractivity contribution in [3.05, 3.63) is 40.7 Å². The molecule has 4 aliphatic rings. The van der Waals surface area contributed by atoms with E-state index in [0.29, 0.717) is 11.3 Å². The first-order valence-corrected chi connectivity index (χ1v) is 12.5. The van der Waals surface area contributed by atoms with Crippen molar-refractivity contribution in [2.24, 2.45) is 29.1 Å². The van der Waals surface area contributed by atoms with Gasteiger partial charge in [-0.3, -0.25) is 0 Å². The molecule has 0 aromatic heterocycles. The molecule has 4 aliphatic carbocycles. The predicted molar refractivity (Wildman–Crippen MR) is 123 cm³/mol. The number of rotatable bonds is 3. The van der Waals surface area contributed by atoms with E-state index in [-0.39, 0.29) is 0 Å². The average Bonchev–Trinajstić information content (AvgIpc) is 2.83. The molecule has 0 aromatic rings. The third-order valence-electron chi connectivity index (χ3n) is 8.17. The molecule has 156 valence electrons. The zero-order chi connectivity index (χ0) is 20.1. The van der Waals surface area contributed by atoms with Crippen molar-refractivity contribution in [2.75, 3.05) is 0 Å². The van der Waals surface area contributed by atoms with Crippen molar-refractivity contribution in [3.63, 3.8) is 0 Å². The lowest BCUT2D eigenvalue weighted by Crippen LogP contribution is -2.34. The SMILES string of the molecule is CC.CCCC/C=C1/CCC2C3CCC4=CC(C)CC=C=C4C3CCC[C@]12C. The Kier molecular flexibility index (Phi) is 7.49. The largest absolute Gasteiger partial charge is 0.121 e. The first-order valence-electron chi connectivity index (χ1n) is 12.5. The van der Waals surface area contributed by atoms with Gasteiger partial charge in [0.2, 0.25) is 0 Å². The molecule has 0 radical (unpaired) electrons. The minimum Gasteiger partial charge on any atom is -0.121 e. The molecule has 3 fully saturated rings. The van der Waals surface area contributed by atoms with E-state index in [2.05, 4.69) is 44.7 Å². The quantitative estimate of drug-likeness (QED) is 0.261. The summed E-state index contributed by atoms with van der Waals surface area (Å²) in [5.74, 6) is 3.31. The molecule has 0 nitrogen and oxygen atoms in total. The topological polar surface area (TPSA) is 0 Å². The lowest BCUT2D eigenvalue weighted by molar-refractivity contribution is 0.147. The second-order valence-electron chi connectivity index (χ2n) is 9.80. The van der Waals surface area contributed by atoms with Crippen LogP contribution in [0, 0.1) is 29.1 Å². The van der Waals surface area contributed by atoms with Gasteiger partial charge in [0.15, 0.2) is 0 Å². The molecule has 0 heterocycles. The van der Waals surface area contributed by atoms with E-state index in [1.165, 1.54) is 70.6 Å². The lowest BCUT2D eigenvalue weighted by atomic mass is 9.62. The van der Waals surface area contributed by atoms with Gasteiger partial charge in [-0.15, -0.1) is 5.73 Å². The Labute approximate surface area is 175 Å². The van der Waals surface area contributed by atoms with Gasteiger partial charge < -0.3 is 0 Å². The van der Waals surface area contributed by atoms with Gasteiger partial charge in [0.05, 0.1) is 0 Å². The Morgan fingerprint density at radius 3 is 2.79 bits per heavy atom. The number of fused-ring (bicyclic) bond motifs is 5. The Bertz CT molecular complexity index is 654. The van der Waals surface area contributed by atoms with Gasteiger partial charge >= 0.3 is 0 Å². The first-order chi connectivity index (χ1) is 13.6. The molecule has 0 aliphatic heterocycles. The fourth-order valence-electron chi connectivity index (χ4n) is 6.78. The van der Waals surface area contributed by atoms with Crippen LogP contribution in [-0.4, -0.2) is 0 Å². The summed E-state index contributed by atoms with van der Waals surface area (Å²) in [5, 5.41) is 0. The summed E-state index contributed by atoms with van der Waals surface area (Å²) in [6, 6.07) is 0. The summed E-state index contributed by atoms with van der Waals surface area (Å²) in [7, 11) is 0. The number of hydrogen-bond acceptors (Lipinski definition) is 0. The number of unbranched alkanes of at least 4 members (excludes halogenated alkanes) is 2. The molecular formula is C28H44. The molecule has 0 aromatic carbocycles. The first kappa shape index (κ1) is 21.7. The average molecular weight is 381 g/mol. The second kappa shape index (κ2) is 9.67. The van der Waals surface area contributed by atoms with Crippen LogP contribution >= 0.6 is 0 Å². The Morgan fingerprint density at radius 2 is 2.00 bits per heavy atom. The van der Waals surface area contributed by atoms with Crippen molar-refractivity contribution < 1.29 is 0 Å². The summed E-state index contributed by atoms with van der Waals surface area (Å²) in [4.78, 5) is 0. The van der Waals surface area contributed by atoms with E-state index in [0.717, 1.165) is 17.8 Å². The Hall–Kier alpha value is -1.00. The molecule has 0 bridgehead atoms. The summed E-state index contributed by atoms with van der Waals surface area (Å²) in [6.07, 6.45) is 22.6. The highest BCUT2D eigenvalue weighted by molar-refractivity contribution is 5.38. The van der Waals surface area contributed by atoms with Crippen LogP contribution in [0.2, 0.25) is 0 Å². The van der Waals surface area contributed by atoms with Crippen molar-refractivity contribution in [1.29, 1.82) is 0 Å². The molecule has 4 unspecified atom stereocenters. The van der Waals surface area contributed by atoms with Crippen LogP contribution in [0.15, 0.2) is 40.7 Å². The monoisotopic (exact) mass is 380 g/mol. The zero-order valence-electron chi connectivity index (χ0n) is 19.3. The van der Waals surface area contributed by atoms with Gasteiger partial charge in [-0.2, -0.15) is 0 Å². The second-order valence-corrected chi connectivity index (χ2v) is 9.80. The minimum atomic E-state index is 0.497. The Balaban J connectivity index is 0.00000109. The molecule has 0 heteroatoms. The molecule has 0 spiro atoms. The van der Waals surface area contributed by atoms with E-state index in [4.69, 9.17) is 0 Å². The van der Waals surface area contributed by atoms with Crippen LogP contribution in [0.25, 0.3) is 0 Å². The summed E-state index contributed by atoms with van der Waals surface area (Å²) in [5.41, 5.74) is 9.41. The molecule has 4 rings (SSSR count). The fourth-order valence-corrected chi connectivity index (χ4v) is 6.78. The van der Waals surface area contributed by atoms with Gasteiger partial charge in [-0.25, -0.2) is 0 Å². The van der Waals surface area contributed by atoms with Crippen LogP contribution < -0.4 is 0 Å². The third-order valence-corrected chi connectivity index (χ3v) is 8.17. The zero-order valence-corrected chi connectivity index (χ0v) is 19.3. The molecule has 3 saturated carbocycles. The maximum absolute atomic E-state index is 3.80. The minimum absolute atomic E-state index is 0.497. The van der Waals surface area contributed by atoms with Gasteiger partial charge in [-0.1, -0.05) is 71.6 Å². The number of allylic oxidation sites excluding steroid dienone is 5. The van der Waals surface area contributed by atoms with Crippen LogP contribution in [0.4, 0.5) is 0 Å². The van der Waals surface area contributed by atoms with Crippen LogP contribution in [0.1, 0.15) is 105 Å². The van der Waals surface area contributed by atoms with E-state index in [1.54, 1.807) is 11.1 Å². The number of hydrogen-bond donors (Lipinski definition) is 0. The predicted octanol–water partition coefficient (Wildman–Crippen LogP) is 8.80. The van der Waals surface area contributed by atoms with Crippen molar-refractivity contribution in [1.82, 2.24) is 0 Å². The van der Waals surface area contributed by atoms with E-state index in [1.807, 2.05) is 19.4 Å². The molecule has 28 heavy (non-hydrogen) atoms. The molecule has 0 amide bonds. The van der Waals surface area contributed by atoms with E-state index >= 15 is 0 Å².